The van der Waals surface area contributed by atoms with Crippen LogP contribution in [-0.4, -0.2) is 45.1 Å². The molecule has 1 amide bonds. The number of hydrogen-bond acceptors (Lipinski definition) is 5. The number of amides is 1. The smallest absolute Gasteiger partial charge is 0.407 e. The highest BCUT2D eigenvalue weighted by Crippen LogP contribution is 2.00. The Kier molecular flexibility index (Phi) is 6.43. The highest BCUT2D eigenvalue weighted by atomic mass is 32.2. The molecule has 3 N–H and O–H groups in total. The fourth-order valence-corrected chi connectivity index (χ4v) is 1.85. The molecule has 0 heterocycles. The summed E-state index contributed by atoms with van der Waals surface area (Å²) in [6, 6.07) is 8.37. The predicted molar refractivity (Wildman–Crippen MR) is 73.5 cm³/mol. The molecular weight excluding hydrogens is 284 g/mol. The van der Waals surface area contributed by atoms with Gasteiger partial charge < -0.3 is 15.2 Å². The van der Waals surface area contributed by atoms with E-state index in [9.17, 15) is 13.2 Å². The summed E-state index contributed by atoms with van der Waals surface area (Å²) in [5.41, 5.74) is 0.831. The molecule has 0 unspecified atom stereocenters. The van der Waals surface area contributed by atoms with Gasteiger partial charge in [0.25, 0.3) is 0 Å². The van der Waals surface area contributed by atoms with Crippen molar-refractivity contribution in [3.63, 3.8) is 0 Å². The van der Waals surface area contributed by atoms with E-state index in [1.54, 1.807) is 0 Å². The molecule has 0 bridgehead atoms. The molecule has 0 saturated heterocycles. The maximum absolute atomic E-state index is 11.5. The quantitative estimate of drug-likeness (QED) is 0.648. The van der Waals surface area contributed by atoms with Crippen LogP contribution in [0, 0.1) is 0 Å². The number of rotatable bonds is 7. The van der Waals surface area contributed by atoms with E-state index in [4.69, 9.17) is 9.84 Å². The fraction of sp³-hybridized carbons (Fsp3) is 0.417. The summed E-state index contributed by atoms with van der Waals surface area (Å²) in [7, 11) is -3.37. The Morgan fingerprint density at radius 1 is 1.35 bits per heavy atom. The molecular formula is C12H18N2O5S. The first kappa shape index (κ1) is 16.4. The number of hydrogen-bond donors (Lipinski definition) is 3. The van der Waals surface area contributed by atoms with Crippen molar-refractivity contribution >= 4 is 16.1 Å². The molecule has 0 aliphatic heterocycles. The molecule has 0 fully saturated rings. The van der Waals surface area contributed by atoms with Gasteiger partial charge in [-0.3, -0.25) is 0 Å². The normalized spacial score (nSPS) is 12.7. The predicted octanol–water partition coefficient (Wildman–Crippen LogP) is -0.177. The highest BCUT2D eigenvalue weighted by molar-refractivity contribution is 7.88. The maximum Gasteiger partial charge on any atom is 0.407 e. The van der Waals surface area contributed by atoms with Gasteiger partial charge in [-0.2, -0.15) is 0 Å². The molecule has 0 spiro atoms. The third-order valence-corrected chi connectivity index (χ3v) is 3.04. The minimum Gasteiger partial charge on any atom is -0.445 e. The molecule has 112 valence electrons. The molecule has 0 saturated carbocycles. The van der Waals surface area contributed by atoms with Crippen molar-refractivity contribution in [2.75, 3.05) is 19.4 Å². The molecule has 7 nitrogen and oxygen atoms in total. The molecule has 1 atom stereocenters. The summed E-state index contributed by atoms with van der Waals surface area (Å²) < 4.78 is 29.0. The second kappa shape index (κ2) is 7.83. The zero-order valence-corrected chi connectivity index (χ0v) is 11.9. The first-order valence-electron chi connectivity index (χ1n) is 5.93. The fourth-order valence-electron chi connectivity index (χ4n) is 1.34. The number of alkyl carbamates (subject to hydrolysis) is 1. The average Bonchev–Trinajstić information content (AvgIpc) is 2.41. The Labute approximate surface area is 118 Å². The van der Waals surface area contributed by atoms with Crippen LogP contribution in [0.3, 0.4) is 0 Å². The Bertz CT molecular complexity index is 518. The zero-order valence-electron chi connectivity index (χ0n) is 11.1. The van der Waals surface area contributed by atoms with Crippen molar-refractivity contribution in [1.29, 1.82) is 0 Å². The third kappa shape index (κ3) is 7.07. The van der Waals surface area contributed by atoms with Crippen molar-refractivity contribution in [3.8, 4) is 0 Å². The first-order valence-corrected chi connectivity index (χ1v) is 7.82. The van der Waals surface area contributed by atoms with Gasteiger partial charge in [0.15, 0.2) is 0 Å². The van der Waals surface area contributed by atoms with Gasteiger partial charge in [0, 0.05) is 6.54 Å². The summed E-state index contributed by atoms with van der Waals surface area (Å²) in [5, 5.41) is 11.4. The van der Waals surface area contributed by atoms with Gasteiger partial charge in [0.2, 0.25) is 10.0 Å². The van der Waals surface area contributed by atoms with Crippen molar-refractivity contribution < 1.29 is 23.1 Å². The molecule has 20 heavy (non-hydrogen) atoms. The van der Waals surface area contributed by atoms with Crippen LogP contribution in [0.4, 0.5) is 4.79 Å². The maximum atomic E-state index is 11.5. The van der Waals surface area contributed by atoms with Crippen LogP contribution in [0.5, 0.6) is 0 Å². The Morgan fingerprint density at radius 2 is 2.00 bits per heavy atom. The number of aliphatic hydroxyl groups is 1. The van der Waals surface area contributed by atoms with E-state index in [2.05, 4.69) is 10.0 Å². The van der Waals surface area contributed by atoms with Gasteiger partial charge in [-0.25, -0.2) is 17.9 Å². The molecule has 0 aromatic heterocycles. The van der Waals surface area contributed by atoms with Crippen LogP contribution in [0.15, 0.2) is 30.3 Å². The lowest BCUT2D eigenvalue weighted by Crippen LogP contribution is -2.45. The largest absolute Gasteiger partial charge is 0.445 e. The topological polar surface area (TPSA) is 105 Å². The molecule has 8 heteroatoms. The van der Waals surface area contributed by atoms with Crippen molar-refractivity contribution in [2.45, 2.75) is 12.6 Å². The monoisotopic (exact) mass is 302 g/mol. The van der Waals surface area contributed by atoms with Crippen LogP contribution >= 0.6 is 0 Å². The number of benzene rings is 1. The Hall–Kier alpha value is -1.64. The first-order chi connectivity index (χ1) is 9.40. The van der Waals surface area contributed by atoms with Crippen LogP contribution < -0.4 is 10.0 Å². The summed E-state index contributed by atoms with van der Waals surface area (Å²) in [4.78, 5) is 11.5. The Morgan fingerprint density at radius 3 is 2.55 bits per heavy atom. The summed E-state index contributed by atoms with van der Waals surface area (Å²) in [5.74, 6) is 0. The molecule has 1 aromatic rings. The van der Waals surface area contributed by atoms with Gasteiger partial charge in [-0.05, 0) is 5.56 Å². The zero-order chi connectivity index (χ0) is 15.0. The summed E-state index contributed by atoms with van der Waals surface area (Å²) >= 11 is 0. The van der Waals surface area contributed by atoms with Crippen LogP contribution in [0.1, 0.15) is 5.56 Å². The highest BCUT2D eigenvalue weighted by Gasteiger charge is 2.14. The van der Waals surface area contributed by atoms with Gasteiger partial charge in [0.05, 0.1) is 18.9 Å². The van der Waals surface area contributed by atoms with Crippen molar-refractivity contribution in [2.24, 2.45) is 0 Å². The molecule has 0 aliphatic rings. The van der Waals surface area contributed by atoms with E-state index in [1.807, 2.05) is 30.3 Å². The summed E-state index contributed by atoms with van der Waals surface area (Å²) in [6.07, 6.45) is 0.276. The third-order valence-electron chi connectivity index (χ3n) is 2.35. The SMILES string of the molecule is CS(=O)(=O)NC[C@H](CO)NC(=O)OCc1ccccc1. The van der Waals surface area contributed by atoms with E-state index >= 15 is 0 Å². The number of aliphatic hydroxyl groups excluding tert-OH is 1. The lowest BCUT2D eigenvalue weighted by Gasteiger charge is -2.16. The lowest BCUT2D eigenvalue weighted by atomic mass is 10.2. The molecule has 0 radical (unpaired) electrons. The standard InChI is InChI=1S/C12H18N2O5S/c1-20(17,18)13-7-11(8-15)14-12(16)19-9-10-5-3-2-4-6-10/h2-6,11,13,15H,7-9H2,1H3,(H,14,16)/t11-/m1/s1. The van der Waals surface area contributed by atoms with Crippen LogP contribution in [0.2, 0.25) is 0 Å². The van der Waals surface area contributed by atoms with Crippen LogP contribution in [0.25, 0.3) is 0 Å². The van der Waals surface area contributed by atoms with E-state index in [0.717, 1.165) is 11.8 Å². The number of ether oxygens (including phenoxy) is 1. The second-order valence-corrected chi connectivity index (χ2v) is 6.04. The van der Waals surface area contributed by atoms with E-state index in [-0.39, 0.29) is 13.2 Å². The van der Waals surface area contributed by atoms with Crippen molar-refractivity contribution in [1.82, 2.24) is 10.0 Å². The minimum absolute atomic E-state index is 0.101. The lowest BCUT2D eigenvalue weighted by molar-refractivity contribution is 0.129. The van der Waals surface area contributed by atoms with Gasteiger partial charge in [-0.1, -0.05) is 30.3 Å². The number of nitrogens with one attached hydrogen (secondary N) is 2. The van der Waals surface area contributed by atoms with Gasteiger partial charge >= 0.3 is 6.09 Å². The van der Waals surface area contributed by atoms with Gasteiger partial charge in [0.1, 0.15) is 6.61 Å². The Balaban J connectivity index is 2.36. The van der Waals surface area contributed by atoms with E-state index in [1.165, 1.54) is 0 Å². The number of carbonyl (C=O) groups excluding carboxylic acids is 1. The number of sulfonamides is 1. The average molecular weight is 302 g/mol. The molecule has 1 rings (SSSR count). The number of carbonyl (C=O) groups is 1. The van der Waals surface area contributed by atoms with E-state index in [0.29, 0.717) is 0 Å². The van der Waals surface area contributed by atoms with E-state index < -0.39 is 28.8 Å². The second-order valence-electron chi connectivity index (χ2n) is 4.21. The molecule has 1 aromatic carbocycles. The van der Waals surface area contributed by atoms with Crippen molar-refractivity contribution in [3.05, 3.63) is 35.9 Å². The van der Waals surface area contributed by atoms with Gasteiger partial charge in [-0.15, -0.1) is 0 Å². The summed E-state index contributed by atoms with van der Waals surface area (Å²) in [6.45, 7) is -0.400. The van der Waals surface area contributed by atoms with Crippen LogP contribution in [-0.2, 0) is 21.4 Å². The minimum atomic E-state index is -3.37. The molecule has 0 aliphatic carbocycles.